The Morgan fingerprint density at radius 1 is 1.12 bits per heavy atom. The van der Waals surface area contributed by atoms with Gasteiger partial charge in [0.05, 0.1) is 6.04 Å². The van der Waals surface area contributed by atoms with Crippen molar-refractivity contribution in [1.82, 2.24) is 10.3 Å². The van der Waals surface area contributed by atoms with Gasteiger partial charge in [-0.3, -0.25) is 4.79 Å². The lowest BCUT2D eigenvalue weighted by atomic mass is 10.0. The van der Waals surface area contributed by atoms with Crippen LogP contribution in [0.25, 0.3) is 10.9 Å². The third-order valence-electron chi connectivity index (χ3n) is 5.11. The molecule has 1 saturated carbocycles. The molecule has 4 rings (SSSR count). The highest BCUT2D eigenvalue weighted by Gasteiger charge is 2.33. The van der Waals surface area contributed by atoms with Crippen LogP contribution < -0.4 is 5.32 Å². The molecule has 1 aliphatic carbocycles. The van der Waals surface area contributed by atoms with E-state index < -0.39 is 0 Å². The normalized spacial score (nSPS) is 15.4. The summed E-state index contributed by atoms with van der Waals surface area (Å²) >= 11 is 0. The zero-order valence-electron chi connectivity index (χ0n) is 14.1. The number of H-pyrrole nitrogens is 1. The number of aryl methyl sites for hydroxylation is 2. The third-order valence-corrected chi connectivity index (χ3v) is 5.11. The topological polar surface area (TPSA) is 44.9 Å². The first-order chi connectivity index (χ1) is 11.6. The number of carbonyl (C=O) groups is 1. The van der Waals surface area contributed by atoms with Gasteiger partial charge in [-0.15, -0.1) is 0 Å². The second-order valence-corrected chi connectivity index (χ2v) is 6.83. The summed E-state index contributed by atoms with van der Waals surface area (Å²) in [5, 5.41) is 4.38. The van der Waals surface area contributed by atoms with E-state index in [1.807, 2.05) is 36.4 Å². The number of benzene rings is 2. The summed E-state index contributed by atoms with van der Waals surface area (Å²) in [5.41, 5.74) is 5.38. The molecule has 1 heterocycles. The van der Waals surface area contributed by atoms with Gasteiger partial charge < -0.3 is 10.3 Å². The highest BCUT2D eigenvalue weighted by Crippen LogP contribution is 2.41. The number of hydrogen-bond donors (Lipinski definition) is 2. The molecular formula is C21H22N2O. The van der Waals surface area contributed by atoms with Gasteiger partial charge in [0, 0.05) is 22.2 Å². The summed E-state index contributed by atoms with van der Waals surface area (Å²) in [6, 6.07) is 16.3. The van der Waals surface area contributed by atoms with E-state index in [0.29, 0.717) is 5.92 Å². The Bertz CT molecular complexity index is 891. The van der Waals surface area contributed by atoms with Crippen LogP contribution in [0.15, 0.2) is 48.5 Å². The quantitative estimate of drug-likeness (QED) is 0.721. The molecule has 3 heteroatoms. The van der Waals surface area contributed by atoms with Gasteiger partial charge in [0.1, 0.15) is 0 Å². The fraction of sp³-hybridized carbons (Fsp3) is 0.286. The molecular weight excluding hydrogens is 296 g/mol. The first-order valence-electron chi connectivity index (χ1n) is 8.58. The molecule has 1 atom stereocenters. The van der Waals surface area contributed by atoms with E-state index in [1.54, 1.807) is 0 Å². The first kappa shape index (κ1) is 15.0. The summed E-state index contributed by atoms with van der Waals surface area (Å²) in [6.07, 6.45) is 2.38. The molecule has 0 radical (unpaired) electrons. The SMILES string of the molecule is Cc1[nH]c2ccc(C(=O)NC(c3ccccc3)C3CC3)cc2c1C. The van der Waals surface area contributed by atoms with Crippen LogP contribution in [0.4, 0.5) is 0 Å². The zero-order chi connectivity index (χ0) is 16.7. The van der Waals surface area contributed by atoms with Crippen molar-refractivity contribution in [2.24, 2.45) is 5.92 Å². The lowest BCUT2D eigenvalue weighted by molar-refractivity contribution is 0.0932. The predicted octanol–water partition coefficient (Wildman–Crippen LogP) is 4.67. The molecule has 0 bridgehead atoms. The van der Waals surface area contributed by atoms with Crippen molar-refractivity contribution < 1.29 is 4.79 Å². The fourth-order valence-electron chi connectivity index (χ4n) is 3.39. The molecule has 0 saturated heterocycles. The molecule has 122 valence electrons. The maximum absolute atomic E-state index is 12.8. The molecule has 2 N–H and O–H groups in total. The van der Waals surface area contributed by atoms with Gasteiger partial charge in [-0.25, -0.2) is 0 Å². The lowest BCUT2D eigenvalue weighted by Crippen LogP contribution is -2.29. The minimum atomic E-state index is 0.0101. The van der Waals surface area contributed by atoms with Gasteiger partial charge >= 0.3 is 0 Å². The number of carbonyl (C=O) groups excluding carboxylic acids is 1. The molecule has 3 nitrogen and oxygen atoms in total. The van der Waals surface area contributed by atoms with E-state index >= 15 is 0 Å². The van der Waals surface area contributed by atoms with Gasteiger partial charge in [0.25, 0.3) is 5.91 Å². The van der Waals surface area contributed by atoms with E-state index in [2.05, 4.69) is 36.3 Å². The van der Waals surface area contributed by atoms with Crippen molar-refractivity contribution in [1.29, 1.82) is 0 Å². The Kier molecular flexibility index (Phi) is 3.64. The van der Waals surface area contributed by atoms with E-state index in [-0.39, 0.29) is 11.9 Å². The molecule has 3 aromatic rings. The minimum absolute atomic E-state index is 0.0101. The summed E-state index contributed by atoms with van der Waals surface area (Å²) in [4.78, 5) is 16.2. The third kappa shape index (κ3) is 2.71. The Balaban J connectivity index is 1.62. The Morgan fingerprint density at radius 3 is 2.58 bits per heavy atom. The van der Waals surface area contributed by atoms with Crippen LogP contribution >= 0.6 is 0 Å². The van der Waals surface area contributed by atoms with Crippen LogP contribution in [0.5, 0.6) is 0 Å². The Morgan fingerprint density at radius 2 is 1.88 bits per heavy atom. The molecule has 2 aromatic carbocycles. The van der Waals surface area contributed by atoms with E-state index in [4.69, 9.17) is 0 Å². The van der Waals surface area contributed by atoms with E-state index in [9.17, 15) is 4.79 Å². The van der Waals surface area contributed by atoms with Crippen LogP contribution in [-0.4, -0.2) is 10.9 Å². The number of aromatic nitrogens is 1. The maximum atomic E-state index is 12.8. The zero-order valence-corrected chi connectivity index (χ0v) is 14.1. The van der Waals surface area contributed by atoms with Crippen molar-refractivity contribution in [2.45, 2.75) is 32.7 Å². The number of nitrogens with one attached hydrogen (secondary N) is 2. The summed E-state index contributed by atoms with van der Waals surface area (Å²) in [5.74, 6) is 0.576. The van der Waals surface area contributed by atoms with Crippen LogP contribution in [0.1, 0.15) is 46.1 Å². The van der Waals surface area contributed by atoms with Gasteiger partial charge in [0.15, 0.2) is 0 Å². The van der Waals surface area contributed by atoms with Crippen LogP contribution in [0.3, 0.4) is 0 Å². The number of aromatic amines is 1. The lowest BCUT2D eigenvalue weighted by Gasteiger charge is -2.19. The van der Waals surface area contributed by atoms with Crippen LogP contribution in [-0.2, 0) is 0 Å². The number of hydrogen-bond acceptors (Lipinski definition) is 1. The highest BCUT2D eigenvalue weighted by molar-refractivity contribution is 5.99. The summed E-state index contributed by atoms with van der Waals surface area (Å²) in [6.45, 7) is 4.15. The molecule has 1 aromatic heterocycles. The van der Waals surface area contributed by atoms with Crippen molar-refractivity contribution in [3.63, 3.8) is 0 Å². The maximum Gasteiger partial charge on any atom is 0.251 e. The smallest absolute Gasteiger partial charge is 0.251 e. The second kappa shape index (κ2) is 5.82. The molecule has 0 spiro atoms. The van der Waals surface area contributed by atoms with E-state index in [1.165, 1.54) is 24.0 Å². The average molecular weight is 318 g/mol. The number of rotatable bonds is 4. The summed E-state index contributed by atoms with van der Waals surface area (Å²) < 4.78 is 0. The van der Waals surface area contributed by atoms with E-state index in [0.717, 1.165) is 22.2 Å². The van der Waals surface area contributed by atoms with Crippen molar-refractivity contribution >= 4 is 16.8 Å². The minimum Gasteiger partial charge on any atom is -0.358 e. The molecule has 1 unspecified atom stereocenters. The van der Waals surface area contributed by atoms with Crippen molar-refractivity contribution in [3.05, 3.63) is 70.9 Å². The van der Waals surface area contributed by atoms with Gasteiger partial charge in [-0.1, -0.05) is 30.3 Å². The van der Waals surface area contributed by atoms with Gasteiger partial charge in [-0.2, -0.15) is 0 Å². The molecule has 0 aliphatic heterocycles. The molecule has 24 heavy (non-hydrogen) atoms. The largest absolute Gasteiger partial charge is 0.358 e. The average Bonchev–Trinajstić information content (AvgIpc) is 3.40. The monoisotopic (exact) mass is 318 g/mol. The summed E-state index contributed by atoms with van der Waals surface area (Å²) in [7, 11) is 0. The molecule has 1 fully saturated rings. The number of amides is 1. The second-order valence-electron chi connectivity index (χ2n) is 6.83. The number of fused-ring (bicyclic) bond motifs is 1. The Hall–Kier alpha value is -2.55. The van der Waals surface area contributed by atoms with Crippen LogP contribution in [0.2, 0.25) is 0 Å². The Labute approximate surface area is 142 Å². The fourth-order valence-corrected chi connectivity index (χ4v) is 3.39. The molecule has 1 aliphatic rings. The molecule has 1 amide bonds. The highest BCUT2D eigenvalue weighted by atomic mass is 16.1. The van der Waals surface area contributed by atoms with Crippen molar-refractivity contribution in [2.75, 3.05) is 0 Å². The van der Waals surface area contributed by atoms with Crippen molar-refractivity contribution in [3.8, 4) is 0 Å². The van der Waals surface area contributed by atoms with Gasteiger partial charge in [-0.05, 0) is 61.9 Å². The van der Waals surface area contributed by atoms with Crippen LogP contribution in [0, 0.1) is 19.8 Å². The van der Waals surface area contributed by atoms with Gasteiger partial charge in [0.2, 0.25) is 0 Å². The standard InChI is InChI=1S/C21H22N2O/c1-13-14(2)22-19-11-10-17(12-18(13)19)21(24)23-20(16-8-9-16)15-6-4-3-5-7-15/h3-7,10-12,16,20,22H,8-9H2,1-2H3,(H,23,24). The first-order valence-corrected chi connectivity index (χ1v) is 8.58. The predicted molar refractivity (Wildman–Crippen MR) is 97.1 cm³/mol.